The van der Waals surface area contributed by atoms with Crippen molar-refractivity contribution in [2.24, 2.45) is 0 Å². The van der Waals surface area contributed by atoms with Gasteiger partial charge in [0.05, 0.1) is 16.8 Å². The molecule has 8 heteroatoms. The van der Waals surface area contributed by atoms with Crippen molar-refractivity contribution in [3.8, 4) is 17.0 Å². The number of benzene rings is 3. The Morgan fingerprint density at radius 3 is 2.17 bits per heavy atom. The summed E-state index contributed by atoms with van der Waals surface area (Å²) in [7, 11) is 0. The summed E-state index contributed by atoms with van der Waals surface area (Å²) < 4.78 is 66.1. The Morgan fingerprint density at radius 2 is 1.45 bits per heavy atom. The number of halogens is 6. The summed E-state index contributed by atoms with van der Waals surface area (Å²) in [5.74, 6) is -5.61. The molecule has 0 fully saturated rings. The van der Waals surface area contributed by atoms with Gasteiger partial charge in [-0.05, 0) is 42.5 Å². The summed E-state index contributed by atoms with van der Waals surface area (Å²) in [5, 5.41) is 0.774. The van der Waals surface area contributed by atoms with Crippen molar-refractivity contribution in [3.05, 3.63) is 86.3 Å². The largest absolute Gasteiger partial charge is 0.465 e. The van der Waals surface area contributed by atoms with E-state index in [1.807, 2.05) is 18.2 Å². The van der Waals surface area contributed by atoms with E-state index in [2.05, 4.69) is 31.9 Å². The summed E-state index contributed by atoms with van der Waals surface area (Å²) in [4.78, 5) is 0. The molecule has 0 saturated carbocycles. The average Bonchev–Trinajstić information content (AvgIpc) is 3.05. The molecule has 5 rings (SSSR count). The zero-order chi connectivity index (χ0) is 20.4. The quantitative estimate of drug-likeness (QED) is 0.187. The van der Waals surface area contributed by atoms with Gasteiger partial charge in [0.1, 0.15) is 5.75 Å². The van der Waals surface area contributed by atoms with Gasteiger partial charge in [0.2, 0.25) is 6.23 Å². The molecule has 2 nitrogen and oxygen atoms in total. The second-order valence-electron chi connectivity index (χ2n) is 6.60. The monoisotopic (exact) mass is 525 g/mol. The minimum Gasteiger partial charge on any atom is -0.465 e. The molecule has 3 aromatic carbocycles. The molecular weight excluding hydrogens is 518 g/mol. The molecule has 1 aliphatic heterocycles. The summed E-state index contributed by atoms with van der Waals surface area (Å²) in [5.41, 5.74) is 1.08. The van der Waals surface area contributed by atoms with Crippen LogP contribution in [0.4, 0.5) is 17.6 Å². The van der Waals surface area contributed by atoms with E-state index >= 15 is 0 Å². The van der Waals surface area contributed by atoms with Gasteiger partial charge in [-0.2, -0.15) is 0 Å². The number of nitrogens with zero attached hydrogens (tertiary/aromatic N) is 1. The van der Waals surface area contributed by atoms with E-state index in [4.69, 9.17) is 4.74 Å². The lowest BCUT2D eigenvalue weighted by Gasteiger charge is -2.30. The van der Waals surface area contributed by atoms with Crippen LogP contribution in [0.2, 0.25) is 0 Å². The Balaban J connectivity index is 1.88. The molecule has 1 aliphatic rings. The lowest BCUT2D eigenvalue weighted by molar-refractivity contribution is 0.160. The van der Waals surface area contributed by atoms with Gasteiger partial charge in [0, 0.05) is 26.0 Å². The molecule has 0 bridgehead atoms. The van der Waals surface area contributed by atoms with Gasteiger partial charge in [0.15, 0.2) is 23.3 Å². The third kappa shape index (κ3) is 2.80. The van der Waals surface area contributed by atoms with Crippen molar-refractivity contribution in [1.82, 2.24) is 4.57 Å². The fourth-order valence-electron chi connectivity index (χ4n) is 3.64. The van der Waals surface area contributed by atoms with Gasteiger partial charge in [-0.15, -0.1) is 0 Å². The standard InChI is InChI=1S/C21H9Br2F4NO/c22-10-2-4-15-9(5-10)6-16-12-3-1-11(23)7-17(12)29-21(28(15)16)18-19(26)13(24)8-14(25)20(18)27/h1-8,21H/t21-/m0/s1. The van der Waals surface area contributed by atoms with Crippen LogP contribution in [-0.4, -0.2) is 4.57 Å². The molecule has 0 spiro atoms. The van der Waals surface area contributed by atoms with Crippen molar-refractivity contribution < 1.29 is 22.3 Å². The normalized spacial score (nSPS) is 15.2. The Morgan fingerprint density at radius 1 is 0.793 bits per heavy atom. The molecule has 0 saturated heterocycles. The van der Waals surface area contributed by atoms with Crippen LogP contribution in [0, 0.1) is 23.3 Å². The van der Waals surface area contributed by atoms with Crippen molar-refractivity contribution >= 4 is 42.8 Å². The second-order valence-corrected chi connectivity index (χ2v) is 8.43. The number of rotatable bonds is 1. The summed E-state index contributed by atoms with van der Waals surface area (Å²) >= 11 is 6.75. The van der Waals surface area contributed by atoms with E-state index in [-0.39, 0.29) is 6.07 Å². The van der Waals surface area contributed by atoms with Crippen molar-refractivity contribution in [2.75, 3.05) is 0 Å². The van der Waals surface area contributed by atoms with Gasteiger partial charge in [0.25, 0.3) is 0 Å². The number of aromatic nitrogens is 1. The van der Waals surface area contributed by atoms with Crippen LogP contribution in [0.5, 0.6) is 5.75 Å². The SMILES string of the molecule is Fc1cc(F)c(F)c([C@@H]2Oc3cc(Br)ccc3-c3cc4cc(Br)ccc4n32)c1F. The summed E-state index contributed by atoms with van der Waals surface area (Å²) in [6, 6.07) is 12.6. The zero-order valence-corrected chi connectivity index (χ0v) is 17.5. The van der Waals surface area contributed by atoms with Crippen LogP contribution < -0.4 is 4.74 Å². The Kier molecular flexibility index (Phi) is 4.25. The molecule has 0 N–H and O–H groups in total. The zero-order valence-electron chi connectivity index (χ0n) is 14.3. The van der Waals surface area contributed by atoms with E-state index in [1.165, 1.54) is 0 Å². The van der Waals surface area contributed by atoms with E-state index < -0.39 is 35.1 Å². The predicted molar refractivity (Wildman–Crippen MR) is 108 cm³/mol. The average molecular weight is 527 g/mol. The minimum absolute atomic E-state index is 0.188. The maximum atomic E-state index is 14.7. The third-order valence-corrected chi connectivity index (χ3v) is 5.87. The molecule has 29 heavy (non-hydrogen) atoms. The number of fused-ring (bicyclic) bond motifs is 5. The highest BCUT2D eigenvalue weighted by Gasteiger charge is 2.35. The number of hydrogen-bond acceptors (Lipinski definition) is 1. The fourth-order valence-corrected chi connectivity index (χ4v) is 4.36. The van der Waals surface area contributed by atoms with Gasteiger partial charge in [-0.25, -0.2) is 17.6 Å². The molecule has 2 heterocycles. The van der Waals surface area contributed by atoms with Crippen molar-refractivity contribution in [1.29, 1.82) is 0 Å². The topological polar surface area (TPSA) is 14.2 Å². The van der Waals surface area contributed by atoms with E-state index in [9.17, 15) is 17.6 Å². The highest BCUT2D eigenvalue weighted by molar-refractivity contribution is 9.10. The molecule has 0 aliphatic carbocycles. The maximum Gasteiger partial charge on any atom is 0.209 e. The first-order chi connectivity index (χ1) is 13.8. The Labute approximate surface area is 179 Å². The van der Waals surface area contributed by atoms with Gasteiger partial charge >= 0.3 is 0 Å². The number of ether oxygens (including phenoxy) is 1. The van der Waals surface area contributed by atoms with Crippen LogP contribution in [0.1, 0.15) is 11.8 Å². The van der Waals surface area contributed by atoms with Crippen molar-refractivity contribution in [3.63, 3.8) is 0 Å². The second kappa shape index (κ2) is 6.60. The molecule has 0 radical (unpaired) electrons. The van der Waals surface area contributed by atoms with Gasteiger partial charge in [-0.3, -0.25) is 0 Å². The molecule has 0 amide bonds. The summed E-state index contributed by atoms with van der Waals surface area (Å²) in [6.45, 7) is 0. The van der Waals surface area contributed by atoms with Crippen LogP contribution in [-0.2, 0) is 0 Å². The molecule has 4 aromatic rings. The first kappa shape index (κ1) is 18.7. The number of hydrogen-bond donors (Lipinski definition) is 0. The Bertz CT molecular complexity index is 1290. The minimum atomic E-state index is -1.49. The first-order valence-electron chi connectivity index (χ1n) is 8.45. The van der Waals surface area contributed by atoms with E-state index in [1.54, 1.807) is 28.8 Å². The predicted octanol–water partition coefficient (Wildman–Crippen LogP) is 7.33. The fraction of sp³-hybridized carbons (Fsp3) is 0.0476. The van der Waals surface area contributed by atoms with Crippen LogP contribution in [0.3, 0.4) is 0 Å². The van der Waals surface area contributed by atoms with Gasteiger partial charge < -0.3 is 9.30 Å². The lowest BCUT2D eigenvalue weighted by Crippen LogP contribution is -2.25. The first-order valence-corrected chi connectivity index (χ1v) is 10.0. The molecule has 0 unspecified atom stereocenters. The highest BCUT2D eigenvalue weighted by atomic mass is 79.9. The molecular formula is C21H9Br2F4NO. The summed E-state index contributed by atoms with van der Waals surface area (Å²) in [6.07, 6.45) is -1.43. The molecule has 146 valence electrons. The molecule has 1 atom stereocenters. The van der Waals surface area contributed by atoms with Crippen LogP contribution >= 0.6 is 31.9 Å². The van der Waals surface area contributed by atoms with E-state index in [0.717, 1.165) is 9.86 Å². The van der Waals surface area contributed by atoms with Crippen molar-refractivity contribution in [2.45, 2.75) is 6.23 Å². The van der Waals surface area contributed by atoms with Crippen LogP contribution in [0.25, 0.3) is 22.2 Å². The Hall–Kier alpha value is -2.32. The maximum absolute atomic E-state index is 14.7. The van der Waals surface area contributed by atoms with Gasteiger partial charge in [-0.1, -0.05) is 31.9 Å². The smallest absolute Gasteiger partial charge is 0.209 e. The van der Waals surface area contributed by atoms with E-state index in [0.29, 0.717) is 27.0 Å². The third-order valence-electron chi connectivity index (χ3n) is 4.89. The lowest BCUT2D eigenvalue weighted by atomic mass is 10.1. The highest BCUT2D eigenvalue weighted by Crippen LogP contribution is 2.46. The van der Waals surface area contributed by atoms with Crippen LogP contribution in [0.15, 0.2) is 57.5 Å². The molecule has 1 aromatic heterocycles.